The summed E-state index contributed by atoms with van der Waals surface area (Å²) in [7, 11) is 0. The van der Waals surface area contributed by atoms with Crippen molar-refractivity contribution in [2.75, 3.05) is 6.61 Å². The van der Waals surface area contributed by atoms with Crippen LogP contribution in [0.2, 0.25) is 0 Å². The van der Waals surface area contributed by atoms with Crippen LogP contribution < -0.4 is 9.47 Å². The average Bonchev–Trinajstić information content (AvgIpc) is 2.46. The van der Waals surface area contributed by atoms with Gasteiger partial charge in [-0.05, 0) is 64.7 Å². The van der Waals surface area contributed by atoms with Gasteiger partial charge in [0.05, 0.1) is 0 Å². The molecule has 0 saturated carbocycles. The Morgan fingerprint density at radius 1 is 1.12 bits per heavy atom. The van der Waals surface area contributed by atoms with Crippen LogP contribution in [0.5, 0.6) is 11.5 Å². The lowest BCUT2D eigenvalue weighted by atomic mass is 9.98. The maximum atomic E-state index is 12.0. The maximum Gasteiger partial charge on any atom is 0.514 e. The molecule has 0 aliphatic carbocycles. The maximum absolute atomic E-state index is 12.0. The summed E-state index contributed by atoms with van der Waals surface area (Å²) < 4.78 is 21.7. The lowest BCUT2D eigenvalue weighted by Crippen LogP contribution is -2.26. The van der Waals surface area contributed by atoms with Crippen LogP contribution in [0.15, 0.2) is 18.2 Å². The molecule has 0 spiro atoms. The summed E-state index contributed by atoms with van der Waals surface area (Å²) in [6, 6.07) is 5.60. The van der Waals surface area contributed by atoms with Crippen molar-refractivity contribution in [3.05, 3.63) is 23.8 Å². The largest absolute Gasteiger partial charge is 0.514 e. The Morgan fingerprint density at radius 2 is 1.79 bits per heavy atom. The fraction of sp³-hybridized carbons (Fsp3) is 0.632. The quantitative estimate of drug-likeness (QED) is 0.385. The number of ether oxygens (including phenoxy) is 4. The fourth-order valence-electron chi connectivity index (χ4n) is 2.05. The summed E-state index contributed by atoms with van der Waals surface area (Å²) in [4.78, 5) is 12.0. The molecule has 2 atom stereocenters. The minimum Gasteiger partial charge on any atom is -0.461 e. The van der Waals surface area contributed by atoms with E-state index in [2.05, 4.69) is 13.8 Å². The van der Waals surface area contributed by atoms with Crippen LogP contribution in [0, 0.1) is 0 Å². The SMILES string of the molecule is CCOC(C)Oc1ccc(C(C)CC)cc1OC(=O)OC(C)(C)C. The van der Waals surface area contributed by atoms with E-state index in [9.17, 15) is 4.79 Å². The van der Waals surface area contributed by atoms with Crippen LogP contribution in [0.1, 0.15) is 66.4 Å². The van der Waals surface area contributed by atoms with Crippen molar-refractivity contribution in [1.82, 2.24) is 0 Å². The number of hydrogen-bond donors (Lipinski definition) is 0. The fourth-order valence-corrected chi connectivity index (χ4v) is 2.05. The van der Waals surface area contributed by atoms with Gasteiger partial charge in [0.15, 0.2) is 17.8 Å². The standard InChI is InChI=1S/C19H30O5/c1-8-13(3)15-10-11-16(22-14(4)21-9-2)17(12-15)23-18(20)24-19(5,6)7/h10-14H,8-9H2,1-7H3. The third kappa shape index (κ3) is 6.79. The summed E-state index contributed by atoms with van der Waals surface area (Å²) in [5, 5.41) is 0. The van der Waals surface area contributed by atoms with Gasteiger partial charge in [0.2, 0.25) is 0 Å². The van der Waals surface area contributed by atoms with E-state index in [4.69, 9.17) is 18.9 Å². The van der Waals surface area contributed by atoms with Crippen LogP contribution in [-0.4, -0.2) is 24.7 Å². The second kappa shape index (κ2) is 8.92. The highest BCUT2D eigenvalue weighted by Crippen LogP contribution is 2.33. The highest BCUT2D eigenvalue weighted by Gasteiger charge is 2.21. The Bertz CT molecular complexity index is 533. The Morgan fingerprint density at radius 3 is 2.33 bits per heavy atom. The van der Waals surface area contributed by atoms with Crippen LogP contribution in [-0.2, 0) is 9.47 Å². The highest BCUT2D eigenvalue weighted by atomic mass is 16.7. The Labute approximate surface area is 145 Å². The first-order valence-corrected chi connectivity index (χ1v) is 8.49. The van der Waals surface area contributed by atoms with Crippen LogP contribution in [0.4, 0.5) is 4.79 Å². The molecule has 0 fully saturated rings. The molecular formula is C19H30O5. The normalized spacial score (nSPS) is 14.0. The molecule has 0 amide bonds. The number of carbonyl (C=O) groups is 1. The monoisotopic (exact) mass is 338 g/mol. The zero-order valence-electron chi connectivity index (χ0n) is 15.8. The predicted molar refractivity (Wildman–Crippen MR) is 93.7 cm³/mol. The molecule has 0 N–H and O–H groups in total. The lowest BCUT2D eigenvalue weighted by Gasteiger charge is -2.21. The molecule has 0 saturated heterocycles. The molecule has 0 aliphatic rings. The van der Waals surface area contributed by atoms with Crippen LogP contribution in [0.3, 0.4) is 0 Å². The zero-order chi connectivity index (χ0) is 18.3. The molecule has 24 heavy (non-hydrogen) atoms. The van der Waals surface area contributed by atoms with Crippen molar-refractivity contribution in [3.63, 3.8) is 0 Å². The van der Waals surface area contributed by atoms with Gasteiger partial charge >= 0.3 is 6.16 Å². The van der Waals surface area contributed by atoms with E-state index < -0.39 is 18.0 Å². The minimum atomic E-state index is -0.752. The van der Waals surface area contributed by atoms with Crippen LogP contribution in [0.25, 0.3) is 0 Å². The van der Waals surface area contributed by atoms with Crippen molar-refractivity contribution in [1.29, 1.82) is 0 Å². The summed E-state index contributed by atoms with van der Waals surface area (Å²) in [5.41, 5.74) is 0.456. The van der Waals surface area contributed by atoms with Gasteiger partial charge in [-0.15, -0.1) is 0 Å². The first-order valence-electron chi connectivity index (χ1n) is 8.49. The third-order valence-electron chi connectivity index (χ3n) is 3.43. The minimum absolute atomic E-state index is 0.341. The van der Waals surface area contributed by atoms with E-state index in [1.165, 1.54) is 0 Å². The first kappa shape index (κ1) is 20.3. The molecule has 136 valence electrons. The molecule has 5 heteroatoms. The van der Waals surface area contributed by atoms with Crippen LogP contribution >= 0.6 is 0 Å². The van der Waals surface area contributed by atoms with E-state index in [0.717, 1.165) is 12.0 Å². The summed E-state index contributed by atoms with van der Waals surface area (Å²) >= 11 is 0. The molecule has 2 unspecified atom stereocenters. The van der Waals surface area contributed by atoms with Crippen molar-refractivity contribution < 1.29 is 23.7 Å². The van der Waals surface area contributed by atoms with Gasteiger partial charge in [-0.2, -0.15) is 0 Å². The van der Waals surface area contributed by atoms with Gasteiger partial charge in [-0.25, -0.2) is 4.79 Å². The second-order valence-electron chi connectivity index (χ2n) is 6.72. The molecule has 1 aromatic carbocycles. The molecule has 0 aliphatic heterocycles. The van der Waals surface area contributed by atoms with Gasteiger partial charge in [-0.3, -0.25) is 0 Å². The van der Waals surface area contributed by atoms with Crippen molar-refractivity contribution >= 4 is 6.16 Å². The van der Waals surface area contributed by atoms with Gasteiger partial charge in [0.1, 0.15) is 5.60 Å². The Balaban J connectivity index is 3.03. The van der Waals surface area contributed by atoms with Gasteiger partial charge in [0, 0.05) is 6.61 Å². The Kier molecular flexibility index (Phi) is 7.55. The average molecular weight is 338 g/mol. The Hall–Kier alpha value is -1.75. The smallest absolute Gasteiger partial charge is 0.461 e. The van der Waals surface area contributed by atoms with Gasteiger partial charge in [-0.1, -0.05) is 19.9 Å². The highest BCUT2D eigenvalue weighted by molar-refractivity contribution is 5.66. The van der Waals surface area contributed by atoms with E-state index in [-0.39, 0.29) is 0 Å². The molecule has 1 aromatic rings. The number of hydrogen-bond acceptors (Lipinski definition) is 5. The number of carbonyl (C=O) groups excluding carboxylic acids is 1. The van der Waals surface area contributed by atoms with Gasteiger partial charge in [0.25, 0.3) is 0 Å². The molecular weight excluding hydrogens is 308 g/mol. The molecule has 5 nitrogen and oxygen atoms in total. The van der Waals surface area contributed by atoms with Gasteiger partial charge < -0.3 is 18.9 Å². The third-order valence-corrected chi connectivity index (χ3v) is 3.43. The second-order valence-corrected chi connectivity index (χ2v) is 6.72. The molecule has 0 radical (unpaired) electrons. The number of benzene rings is 1. The lowest BCUT2D eigenvalue weighted by molar-refractivity contribution is -0.0628. The zero-order valence-corrected chi connectivity index (χ0v) is 15.8. The molecule has 0 bridgehead atoms. The summed E-state index contributed by atoms with van der Waals surface area (Å²) in [5.74, 6) is 1.15. The van der Waals surface area contributed by atoms with E-state index in [0.29, 0.717) is 24.0 Å². The molecule has 0 heterocycles. The molecule has 1 rings (SSSR count). The summed E-state index contributed by atoms with van der Waals surface area (Å²) in [6.45, 7) is 13.8. The molecule has 0 aromatic heterocycles. The topological polar surface area (TPSA) is 54.0 Å². The first-order chi connectivity index (χ1) is 11.2. The predicted octanol–water partition coefficient (Wildman–Crippen LogP) is 5.28. The van der Waals surface area contributed by atoms with E-state index in [1.807, 2.05) is 19.1 Å². The van der Waals surface area contributed by atoms with E-state index >= 15 is 0 Å². The van der Waals surface area contributed by atoms with E-state index in [1.54, 1.807) is 33.8 Å². The number of rotatable bonds is 7. The van der Waals surface area contributed by atoms with Crippen molar-refractivity contribution in [2.45, 2.75) is 72.7 Å². The summed E-state index contributed by atoms with van der Waals surface area (Å²) in [6.07, 6.45) is -0.204. The van der Waals surface area contributed by atoms with Crippen molar-refractivity contribution in [2.24, 2.45) is 0 Å². The van der Waals surface area contributed by atoms with Crippen molar-refractivity contribution in [3.8, 4) is 11.5 Å².